The molecule has 5 nitrogen and oxygen atoms in total. The van der Waals surface area contributed by atoms with Crippen molar-refractivity contribution in [3.8, 4) is 5.75 Å². The highest BCUT2D eigenvalue weighted by molar-refractivity contribution is 6.20. The minimum Gasteiger partial charge on any atom is -0.491 e. The average Bonchev–Trinajstić information content (AvgIpc) is 3.48. The van der Waals surface area contributed by atoms with E-state index in [-0.39, 0.29) is 17.3 Å². The van der Waals surface area contributed by atoms with Crippen molar-refractivity contribution in [1.82, 2.24) is 4.98 Å². The van der Waals surface area contributed by atoms with Gasteiger partial charge in [0.1, 0.15) is 18.5 Å². The number of ketones is 1. The van der Waals surface area contributed by atoms with Crippen molar-refractivity contribution >= 4 is 16.7 Å². The van der Waals surface area contributed by atoms with Gasteiger partial charge >= 0.3 is 0 Å². The molecule has 2 heterocycles. The van der Waals surface area contributed by atoms with Gasteiger partial charge in [-0.15, -0.1) is 0 Å². The number of hydrogen-bond acceptors (Lipinski definition) is 4. The Balaban J connectivity index is 1.40. The highest BCUT2D eigenvalue weighted by Gasteiger charge is 2.47. The number of carbonyl (C=O) groups excluding carboxylic acids is 1. The fourth-order valence-corrected chi connectivity index (χ4v) is 5.75. The van der Waals surface area contributed by atoms with Crippen LogP contribution in [0.4, 0.5) is 0 Å². The summed E-state index contributed by atoms with van der Waals surface area (Å²) in [7, 11) is 0. The van der Waals surface area contributed by atoms with E-state index in [0.717, 1.165) is 64.7 Å². The molecule has 160 valence electrons. The second kappa shape index (κ2) is 6.68. The van der Waals surface area contributed by atoms with Crippen molar-refractivity contribution < 1.29 is 19.0 Å². The molecular weight excluding hydrogens is 390 g/mol. The van der Waals surface area contributed by atoms with Crippen molar-refractivity contribution in [3.05, 3.63) is 64.8 Å². The predicted octanol–water partition coefficient (Wildman–Crippen LogP) is 5.10. The third-order valence-electron chi connectivity index (χ3n) is 7.12. The van der Waals surface area contributed by atoms with Crippen LogP contribution < -0.4 is 4.74 Å². The number of aromatic nitrogens is 1. The van der Waals surface area contributed by atoms with Gasteiger partial charge in [-0.2, -0.15) is 0 Å². The van der Waals surface area contributed by atoms with Crippen LogP contribution in [0.3, 0.4) is 0 Å². The predicted molar refractivity (Wildman–Crippen MR) is 118 cm³/mol. The molecule has 1 aliphatic heterocycles. The normalized spacial score (nSPS) is 23.3. The number of fused-ring (bicyclic) bond motifs is 6. The topological polar surface area (TPSA) is 60.5 Å². The lowest BCUT2D eigenvalue weighted by Crippen LogP contribution is -2.33. The van der Waals surface area contributed by atoms with Gasteiger partial charge in [-0.3, -0.25) is 4.79 Å². The summed E-state index contributed by atoms with van der Waals surface area (Å²) in [5.74, 6) is 0.336. The van der Waals surface area contributed by atoms with E-state index in [9.17, 15) is 4.79 Å². The summed E-state index contributed by atoms with van der Waals surface area (Å²) in [6.07, 6.45) is 4.33. The molecule has 1 atom stereocenters. The van der Waals surface area contributed by atoms with Crippen molar-refractivity contribution in [2.24, 2.45) is 0 Å². The van der Waals surface area contributed by atoms with E-state index in [1.54, 1.807) is 0 Å². The summed E-state index contributed by atoms with van der Waals surface area (Å²) >= 11 is 0. The molecule has 3 aromatic rings. The van der Waals surface area contributed by atoms with Crippen molar-refractivity contribution in [2.45, 2.75) is 56.8 Å². The molecule has 2 aromatic carbocycles. The van der Waals surface area contributed by atoms with E-state index in [0.29, 0.717) is 13.2 Å². The minimum atomic E-state index is -0.559. The first-order valence-electron chi connectivity index (χ1n) is 11.2. The number of carbonyl (C=O) groups is 1. The Labute approximate surface area is 181 Å². The van der Waals surface area contributed by atoms with E-state index in [1.165, 1.54) is 0 Å². The minimum absolute atomic E-state index is 0.0894. The van der Waals surface area contributed by atoms with Crippen LogP contribution in [0.25, 0.3) is 10.9 Å². The first kappa shape index (κ1) is 19.1. The quantitative estimate of drug-likeness (QED) is 0.644. The zero-order valence-electron chi connectivity index (χ0n) is 18.0. The molecule has 5 heteroatoms. The monoisotopic (exact) mass is 417 g/mol. The van der Waals surface area contributed by atoms with Crippen molar-refractivity contribution in [1.29, 1.82) is 0 Å². The standard InChI is InChI=1S/C26H27NO4/c1-25(2)30-15-17(31-25)14-29-16-9-10-18-20(13-16)26(11-5-6-12-26)24-22(23(18)28)19-7-3-4-8-21(19)27-24/h3-4,7-10,13,17,27H,5-6,11-12,14-15H2,1-2H3/t17-/m0/s1. The van der Waals surface area contributed by atoms with Crippen LogP contribution in [0.5, 0.6) is 5.75 Å². The van der Waals surface area contributed by atoms with E-state index >= 15 is 0 Å². The molecule has 0 unspecified atom stereocenters. The van der Waals surface area contributed by atoms with Gasteiger partial charge in [-0.25, -0.2) is 0 Å². The van der Waals surface area contributed by atoms with Gasteiger partial charge in [0.15, 0.2) is 11.6 Å². The molecule has 0 radical (unpaired) electrons. The van der Waals surface area contributed by atoms with Gasteiger partial charge in [0.2, 0.25) is 0 Å². The first-order chi connectivity index (χ1) is 15.0. The average molecular weight is 418 g/mol. The van der Waals surface area contributed by atoms with Gasteiger partial charge in [0.25, 0.3) is 0 Å². The van der Waals surface area contributed by atoms with Crippen molar-refractivity contribution in [2.75, 3.05) is 13.2 Å². The molecule has 2 fully saturated rings. The fourth-order valence-electron chi connectivity index (χ4n) is 5.75. The van der Waals surface area contributed by atoms with Crippen LogP contribution in [0.15, 0.2) is 42.5 Å². The third-order valence-corrected chi connectivity index (χ3v) is 7.12. The molecule has 6 rings (SSSR count). The lowest BCUT2D eigenvalue weighted by Gasteiger charge is -2.35. The number of benzene rings is 2. The zero-order valence-corrected chi connectivity index (χ0v) is 18.0. The zero-order chi connectivity index (χ0) is 21.2. The van der Waals surface area contributed by atoms with Gasteiger partial charge in [-0.1, -0.05) is 31.0 Å². The molecule has 1 saturated heterocycles. The Morgan fingerprint density at radius 2 is 1.94 bits per heavy atom. The lowest BCUT2D eigenvalue weighted by atomic mass is 9.67. The number of H-pyrrole nitrogens is 1. The summed E-state index contributed by atoms with van der Waals surface area (Å²) in [6, 6.07) is 14.1. The number of ether oxygens (including phenoxy) is 3. The molecule has 1 N–H and O–H groups in total. The number of aromatic amines is 1. The number of nitrogens with one attached hydrogen (secondary N) is 1. The van der Waals surface area contributed by atoms with Crippen LogP contribution in [0.2, 0.25) is 0 Å². The molecule has 1 saturated carbocycles. The van der Waals surface area contributed by atoms with Gasteiger partial charge in [0, 0.05) is 27.6 Å². The first-order valence-corrected chi connectivity index (χ1v) is 11.2. The molecule has 1 aromatic heterocycles. The fraction of sp³-hybridized carbons (Fsp3) is 0.423. The Morgan fingerprint density at radius 3 is 2.71 bits per heavy atom. The summed E-state index contributed by atoms with van der Waals surface area (Å²) in [5.41, 5.74) is 4.76. The SMILES string of the molecule is CC1(C)OC[C@H](COc2ccc3c(c2)C2(CCCC2)c2[nH]c4ccccc4c2C3=O)O1. The second-order valence-electron chi connectivity index (χ2n) is 9.51. The molecule has 2 aliphatic carbocycles. The maximum Gasteiger partial charge on any atom is 0.195 e. The Bertz CT molecular complexity index is 1190. The summed E-state index contributed by atoms with van der Waals surface area (Å²) < 4.78 is 17.6. The van der Waals surface area contributed by atoms with Crippen LogP contribution in [0.1, 0.15) is 66.7 Å². The molecule has 3 aliphatic rings. The summed E-state index contributed by atoms with van der Waals surface area (Å²) in [4.78, 5) is 17.2. The Morgan fingerprint density at radius 1 is 1.13 bits per heavy atom. The third kappa shape index (κ3) is 2.87. The summed E-state index contributed by atoms with van der Waals surface area (Å²) in [5, 5.41) is 1.03. The maximum atomic E-state index is 13.6. The maximum absolute atomic E-state index is 13.6. The van der Waals surface area contributed by atoms with Crippen molar-refractivity contribution in [3.63, 3.8) is 0 Å². The van der Waals surface area contributed by atoms with Crippen LogP contribution in [-0.4, -0.2) is 35.9 Å². The molecule has 31 heavy (non-hydrogen) atoms. The van der Waals surface area contributed by atoms with E-state index in [1.807, 2.05) is 38.1 Å². The lowest BCUT2D eigenvalue weighted by molar-refractivity contribution is -0.141. The highest BCUT2D eigenvalue weighted by atomic mass is 16.7. The molecule has 0 amide bonds. The summed E-state index contributed by atoms with van der Waals surface area (Å²) in [6.45, 7) is 4.79. The van der Waals surface area contributed by atoms with Gasteiger partial charge in [-0.05, 0) is 56.5 Å². The number of hydrogen-bond donors (Lipinski definition) is 1. The van der Waals surface area contributed by atoms with Gasteiger partial charge < -0.3 is 19.2 Å². The molecule has 0 bridgehead atoms. The number of rotatable bonds is 3. The van der Waals surface area contributed by atoms with Crippen LogP contribution in [-0.2, 0) is 14.9 Å². The second-order valence-corrected chi connectivity index (χ2v) is 9.51. The molecule has 1 spiro atoms. The van der Waals surface area contributed by atoms with E-state index < -0.39 is 5.79 Å². The highest BCUT2D eigenvalue weighted by Crippen LogP contribution is 2.53. The molecular formula is C26H27NO4. The van der Waals surface area contributed by atoms with E-state index in [2.05, 4.69) is 23.2 Å². The Kier molecular flexibility index (Phi) is 4.11. The largest absolute Gasteiger partial charge is 0.491 e. The van der Waals surface area contributed by atoms with E-state index in [4.69, 9.17) is 14.2 Å². The van der Waals surface area contributed by atoms with Gasteiger partial charge in [0.05, 0.1) is 12.2 Å². The smallest absolute Gasteiger partial charge is 0.195 e. The van der Waals surface area contributed by atoms with Crippen LogP contribution >= 0.6 is 0 Å². The number of para-hydroxylation sites is 1. The van der Waals surface area contributed by atoms with Crippen LogP contribution in [0, 0.1) is 0 Å². The Hall–Kier alpha value is -2.63.